The molecule has 0 aliphatic carbocycles. The molecule has 1 nitrogen and oxygen atoms in total. The third-order valence-electron chi connectivity index (χ3n) is 0.591. The van der Waals surface area contributed by atoms with E-state index in [0.29, 0.717) is 0 Å². The Labute approximate surface area is 55.7 Å². The standard InChI is InChI=1S/C4H6ClF3O/c1-2-9-4(7,8)3(5)6/h3H,2H2,1H3. The molecule has 0 aromatic heterocycles. The summed E-state index contributed by atoms with van der Waals surface area (Å²) in [5.41, 5.74) is -2.77. The van der Waals surface area contributed by atoms with E-state index in [-0.39, 0.29) is 6.61 Å². The van der Waals surface area contributed by atoms with E-state index >= 15 is 0 Å². The quantitative estimate of drug-likeness (QED) is 0.578. The van der Waals surface area contributed by atoms with Gasteiger partial charge in [-0.1, -0.05) is 11.6 Å². The maximum atomic E-state index is 11.8. The van der Waals surface area contributed by atoms with Crippen LogP contribution in [0.5, 0.6) is 0 Å². The topological polar surface area (TPSA) is 9.23 Å². The van der Waals surface area contributed by atoms with Crippen molar-refractivity contribution in [3.05, 3.63) is 0 Å². The van der Waals surface area contributed by atoms with Gasteiger partial charge in [0, 0.05) is 0 Å². The Balaban J connectivity index is 3.70. The highest BCUT2D eigenvalue weighted by molar-refractivity contribution is 6.20. The fourth-order valence-corrected chi connectivity index (χ4v) is 0.318. The second-order valence-corrected chi connectivity index (χ2v) is 1.68. The number of hydrogen-bond acceptors (Lipinski definition) is 1. The van der Waals surface area contributed by atoms with Gasteiger partial charge in [-0.2, -0.15) is 8.78 Å². The summed E-state index contributed by atoms with van der Waals surface area (Å²) in [6.07, 6.45) is -3.85. The van der Waals surface area contributed by atoms with Gasteiger partial charge in [0.25, 0.3) is 5.63 Å². The molecule has 0 aromatic rings. The fourth-order valence-electron chi connectivity index (χ4n) is 0.255. The van der Waals surface area contributed by atoms with E-state index in [0.717, 1.165) is 0 Å². The third-order valence-corrected chi connectivity index (χ3v) is 0.845. The summed E-state index contributed by atoms with van der Waals surface area (Å²) in [6.45, 7) is 1.06. The zero-order valence-electron chi connectivity index (χ0n) is 4.70. The predicted octanol–water partition coefficient (Wildman–Crippen LogP) is 2.15. The van der Waals surface area contributed by atoms with Crippen LogP contribution >= 0.6 is 11.6 Å². The van der Waals surface area contributed by atoms with Crippen molar-refractivity contribution in [2.75, 3.05) is 6.61 Å². The maximum absolute atomic E-state index is 11.8. The molecule has 56 valence electrons. The lowest BCUT2D eigenvalue weighted by Crippen LogP contribution is -2.29. The first-order valence-corrected chi connectivity index (χ1v) is 2.74. The van der Waals surface area contributed by atoms with Crippen molar-refractivity contribution in [3.63, 3.8) is 0 Å². The van der Waals surface area contributed by atoms with Gasteiger partial charge in [-0.3, -0.25) is 0 Å². The minimum Gasteiger partial charge on any atom is -0.317 e. The van der Waals surface area contributed by atoms with Gasteiger partial charge >= 0.3 is 6.11 Å². The molecule has 0 heterocycles. The molecule has 1 unspecified atom stereocenters. The molecule has 0 fully saturated rings. The Kier molecular flexibility index (Phi) is 3.28. The van der Waals surface area contributed by atoms with Crippen LogP contribution in [0.4, 0.5) is 13.2 Å². The Hall–Kier alpha value is 0.0400. The van der Waals surface area contributed by atoms with Gasteiger partial charge in [-0.25, -0.2) is 4.39 Å². The molecule has 5 heteroatoms. The lowest BCUT2D eigenvalue weighted by molar-refractivity contribution is -0.253. The highest BCUT2D eigenvalue weighted by Gasteiger charge is 2.39. The normalized spacial score (nSPS) is 15.7. The molecule has 0 N–H and O–H groups in total. The average Bonchev–Trinajstić information content (AvgIpc) is 1.65. The Morgan fingerprint density at radius 3 is 2.22 bits per heavy atom. The number of alkyl halides is 4. The van der Waals surface area contributed by atoms with Crippen molar-refractivity contribution in [2.45, 2.75) is 18.7 Å². The van der Waals surface area contributed by atoms with Gasteiger partial charge in [0.1, 0.15) is 0 Å². The monoisotopic (exact) mass is 162 g/mol. The molecule has 0 radical (unpaired) electrons. The van der Waals surface area contributed by atoms with Gasteiger partial charge in [0.05, 0.1) is 6.61 Å². The summed E-state index contributed by atoms with van der Waals surface area (Å²) in [6, 6.07) is 0. The molecule has 1 atom stereocenters. The SMILES string of the molecule is CCOC(F)(F)C(F)Cl. The first kappa shape index (κ1) is 9.04. The molecular weight excluding hydrogens is 156 g/mol. The summed E-state index contributed by atoms with van der Waals surface area (Å²) in [7, 11) is 0. The van der Waals surface area contributed by atoms with Crippen LogP contribution in [0.3, 0.4) is 0 Å². The van der Waals surface area contributed by atoms with E-state index in [9.17, 15) is 13.2 Å². The summed E-state index contributed by atoms with van der Waals surface area (Å²) in [5.74, 6) is 0. The van der Waals surface area contributed by atoms with Crippen molar-refractivity contribution in [1.29, 1.82) is 0 Å². The first-order valence-electron chi connectivity index (χ1n) is 2.30. The van der Waals surface area contributed by atoms with Crippen molar-refractivity contribution >= 4 is 11.6 Å². The summed E-state index contributed by atoms with van der Waals surface area (Å²) in [5, 5.41) is 0. The van der Waals surface area contributed by atoms with E-state index in [1.54, 1.807) is 0 Å². The average molecular weight is 163 g/mol. The molecule has 0 amide bonds. The van der Waals surface area contributed by atoms with Crippen LogP contribution in [0.2, 0.25) is 0 Å². The summed E-state index contributed by atoms with van der Waals surface area (Å²) >= 11 is 4.41. The number of ether oxygens (including phenoxy) is 1. The molecule has 0 saturated carbocycles. The van der Waals surface area contributed by atoms with Crippen LogP contribution in [0, 0.1) is 0 Å². The fraction of sp³-hybridized carbons (Fsp3) is 1.00. The Morgan fingerprint density at radius 1 is 1.67 bits per heavy atom. The molecular formula is C4H6ClF3O. The molecule has 0 bridgehead atoms. The lowest BCUT2D eigenvalue weighted by atomic mass is 10.7. The van der Waals surface area contributed by atoms with E-state index in [2.05, 4.69) is 16.3 Å². The Morgan fingerprint density at radius 2 is 2.11 bits per heavy atom. The molecule has 0 aliphatic heterocycles. The zero-order chi connectivity index (χ0) is 7.49. The maximum Gasteiger partial charge on any atom is 0.400 e. The van der Waals surface area contributed by atoms with Gasteiger partial charge in [-0.15, -0.1) is 0 Å². The van der Waals surface area contributed by atoms with Crippen molar-refractivity contribution in [3.8, 4) is 0 Å². The van der Waals surface area contributed by atoms with Crippen LogP contribution in [0.15, 0.2) is 0 Å². The van der Waals surface area contributed by atoms with E-state index in [4.69, 9.17) is 0 Å². The largest absolute Gasteiger partial charge is 0.400 e. The second-order valence-electron chi connectivity index (χ2n) is 1.30. The number of rotatable bonds is 3. The van der Waals surface area contributed by atoms with Crippen LogP contribution < -0.4 is 0 Å². The first-order chi connectivity index (χ1) is 4.00. The smallest absolute Gasteiger partial charge is 0.317 e. The number of hydrogen-bond donors (Lipinski definition) is 0. The molecule has 0 aromatic carbocycles. The van der Waals surface area contributed by atoms with Crippen LogP contribution in [0.1, 0.15) is 6.92 Å². The molecule has 0 spiro atoms. The van der Waals surface area contributed by atoms with Crippen LogP contribution in [-0.4, -0.2) is 18.3 Å². The van der Waals surface area contributed by atoms with Gasteiger partial charge in [0.15, 0.2) is 0 Å². The highest BCUT2D eigenvalue weighted by atomic mass is 35.5. The van der Waals surface area contributed by atoms with E-state index < -0.39 is 11.7 Å². The van der Waals surface area contributed by atoms with E-state index in [1.807, 2.05) is 0 Å². The van der Waals surface area contributed by atoms with E-state index in [1.165, 1.54) is 6.92 Å². The van der Waals surface area contributed by atoms with Gasteiger partial charge < -0.3 is 4.74 Å². The Bertz CT molecular complexity index is 85.9. The highest BCUT2D eigenvalue weighted by Crippen LogP contribution is 2.25. The predicted molar refractivity (Wildman–Crippen MR) is 27.3 cm³/mol. The van der Waals surface area contributed by atoms with Gasteiger partial charge in [0.2, 0.25) is 0 Å². The molecule has 9 heavy (non-hydrogen) atoms. The minimum atomic E-state index is -3.85. The zero-order valence-corrected chi connectivity index (χ0v) is 5.46. The molecule has 0 rings (SSSR count). The van der Waals surface area contributed by atoms with Crippen molar-refractivity contribution in [1.82, 2.24) is 0 Å². The number of halogens is 4. The molecule has 0 saturated heterocycles. The summed E-state index contributed by atoms with van der Waals surface area (Å²) < 4.78 is 38.8. The van der Waals surface area contributed by atoms with Crippen LogP contribution in [-0.2, 0) is 4.74 Å². The van der Waals surface area contributed by atoms with Crippen molar-refractivity contribution in [2.24, 2.45) is 0 Å². The lowest BCUT2D eigenvalue weighted by Gasteiger charge is -2.14. The van der Waals surface area contributed by atoms with Gasteiger partial charge in [-0.05, 0) is 6.92 Å². The third kappa shape index (κ3) is 2.91. The minimum absolute atomic E-state index is 0.264. The van der Waals surface area contributed by atoms with Crippen molar-refractivity contribution < 1.29 is 17.9 Å². The second kappa shape index (κ2) is 3.27. The van der Waals surface area contributed by atoms with Crippen LogP contribution in [0.25, 0.3) is 0 Å². The molecule has 0 aliphatic rings. The summed E-state index contributed by atoms with van der Waals surface area (Å²) in [4.78, 5) is 0.